The molecule has 0 atom stereocenters. The van der Waals surface area contributed by atoms with E-state index in [-0.39, 0.29) is 23.8 Å². The number of aromatic hydroxyl groups is 1. The van der Waals surface area contributed by atoms with Crippen molar-refractivity contribution in [2.45, 2.75) is 0 Å². The molecule has 4 rings (SSSR count). The minimum absolute atomic E-state index is 0.121. The number of para-hydroxylation sites is 1. The number of ether oxygens (including phenoxy) is 2. The Morgan fingerprint density at radius 1 is 1.00 bits per heavy atom. The van der Waals surface area contributed by atoms with Crippen molar-refractivity contribution < 1.29 is 24.2 Å². The van der Waals surface area contributed by atoms with Crippen LogP contribution in [0.1, 0.15) is 15.9 Å². The normalized spacial score (nSPS) is 10.8. The van der Waals surface area contributed by atoms with E-state index < -0.39 is 5.91 Å². The number of hydrazone groups is 1. The molecule has 0 aliphatic rings. The molecule has 3 N–H and O–H groups in total. The second kappa shape index (κ2) is 11.5. The number of phenols is 1. The Morgan fingerprint density at radius 3 is 2.42 bits per heavy atom. The minimum Gasteiger partial charge on any atom is -0.507 e. The lowest BCUT2D eigenvalue weighted by molar-refractivity contribution is -0.118. The second-order valence-electron chi connectivity index (χ2n) is 7.65. The first kappa shape index (κ1) is 25.0. The summed E-state index contributed by atoms with van der Waals surface area (Å²) >= 11 is 2.07. The molecule has 2 amide bonds. The van der Waals surface area contributed by atoms with Crippen molar-refractivity contribution in [1.82, 2.24) is 5.43 Å². The molecule has 4 aromatic rings. The van der Waals surface area contributed by atoms with Gasteiger partial charge in [-0.3, -0.25) is 9.59 Å². The van der Waals surface area contributed by atoms with Gasteiger partial charge in [-0.15, -0.1) is 0 Å². The number of benzene rings is 4. The molecule has 0 spiro atoms. The van der Waals surface area contributed by atoms with E-state index in [2.05, 4.69) is 38.4 Å². The number of rotatable bonds is 8. The fourth-order valence-corrected chi connectivity index (χ4v) is 4.23. The molecular formula is C27H22IN3O5. The quantitative estimate of drug-likeness (QED) is 0.152. The lowest BCUT2D eigenvalue weighted by atomic mass is 10.1. The van der Waals surface area contributed by atoms with Crippen LogP contribution < -0.4 is 20.2 Å². The summed E-state index contributed by atoms with van der Waals surface area (Å²) in [5.74, 6) is -0.141. The average Bonchev–Trinajstić information content (AvgIpc) is 2.87. The zero-order valence-electron chi connectivity index (χ0n) is 19.2. The Kier molecular flexibility index (Phi) is 8.01. The van der Waals surface area contributed by atoms with E-state index in [1.165, 1.54) is 13.3 Å². The van der Waals surface area contributed by atoms with Crippen molar-refractivity contribution in [3.8, 4) is 17.2 Å². The maximum atomic E-state index is 12.6. The highest BCUT2D eigenvalue weighted by atomic mass is 127. The van der Waals surface area contributed by atoms with Crippen LogP contribution in [0.5, 0.6) is 17.2 Å². The second-order valence-corrected chi connectivity index (χ2v) is 8.81. The third-order valence-corrected chi connectivity index (χ3v) is 5.95. The number of methoxy groups -OCH3 is 1. The van der Waals surface area contributed by atoms with Crippen LogP contribution in [-0.4, -0.2) is 36.9 Å². The Balaban J connectivity index is 1.41. The highest BCUT2D eigenvalue weighted by molar-refractivity contribution is 14.1. The lowest BCUT2D eigenvalue weighted by Crippen LogP contribution is -2.20. The van der Waals surface area contributed by atoms with Crippen LogP contribution in [0.15, 0.2) is 84.0 Å². The van der Waals surface area contributed by atoms with Gasteiger partial charge < -0.3 is 19.9 Å². The Bertz CT molecular complexity index is 1440. The highest BCUT2D eigenvalue weighted by Gasteiger charge is 2.14. The zero-order valence-corrected chi connectivity index (χ0v) is 21.4. The Morgan fingerprint density at radius 2 is 1.69 bits per heavy atom. The number of halogens is 1. The number of phenolic OH excluding ortho intramolecular Hbond substituents is 1. The van der Waals surface area contributed by atoms with Crippen LogP contribution in [0.4, 0.5) is 5.69 Å². The number of nitrogens with zero attached hydrogens (tertiary/aromatic N) is 1. The van der Waals surface area contributed by atoms with Gasteiger partial charge in [-0.1, -0.05) is 42.5 Å². The molecule has 0 saturated carbocycles. The van der Waals surface area contributed by atoms with Gasteiger partial charge in [0, 0.05) is 5.69 Å². The number of carbonyl (C=O) groups is 2. The molecular weight excluding hydrogens is 573 g/mol. The van der Waals surface area contributed by atoms with E-state index in [9.17, 15) is 14.7 Å². The molecule has 0 aliphatic carbocycles. The largest absolute Gasteiger partial charge is 0.507 e. The van der Waals surface area contributed by atoms with Crippen LogP contribution >= 0.6 is 22.6 Å². The maximum Gasteiger partial charge on any atom is 0.275 e. The van der Waals surface area contributed by atoms with Crippen LogP contribution in [0.2, 0.25) is 0 Å². The smallest absolute Gasteiger partial charge is 0.275 e. The summed E-state index contributed by atoms with van der Waals surface area (Å²) < 4.78 is 11.8. The molecule has 0 aliphatic heterocycles. The van der Waals surface area contributed by atoms with Crippen LogP contribution in [-0.2, 0) is 4.79 Å². The summed E-state index contributed by atoms with van der Waals surface area (Å²) in [5, 5.41) is 18.7. The molecule has 0 heterocycles. The van der Waals surface area contributed by atoms with Gasteiger partial charge in [-0.05, 0) is 75.3 Å². The summed E-state index contributed by atoms with van der Waals surface area (Å²) in [7, 11) is 1.49. The number of carbonyl (C=O) groups excluding carboxylic acids is 2. The van der Waals surface area contributed by atoms with E-state index in [1.54, 1.807) is 36.4 Å². The number of fused-ring (bicyclic) bond motifs is 1. The fourth-order valence-electron chi connectivity index (χ4n) is 3.45. The maximum absolute atomic E-state index is 12.6. The first-order chi connectivity index (χ1) is 17.4. The van der Waals surface area contributed by atoms with Crippen molar-refractivity contribution in [3.63, 3.8) is 0 Å². The van der Waals surface area contributed by atoms with Gasteiger partial charge in [0.1, 0.15) is 5.75 Å². The van der Waals surface area contributed by atoms with Gasteiger partial charge in [-0.2, -0.15) is 5.10 Å². The van der Waals surface area contributed by atoms with Crippen LogP contribution in [0.3, 0.4) is 0 Å². The molecule has 9 heteroatoms. The predicted molar refractivity (Wildman–Crippen MR) is 147 cm³/mol. The summed E-state index contributed by atoms with van der Waals surface area (Å²) in [5.41, 5.74) is 3.87. The van der Waals surface area contributed by atoms with Crippen molar-refractivity contribution in [2.75, 3.05) is 19.0 Å². The van der Waals surface area contributed by atoms with Gasteiger partial charge in [0.15, 0.2) is 18.1 Å². The topological polar surface area (TPSA) is 109 Å². The lowest BCUT2D eigenvalue weighted by Gasteiger charge is -2.13. The molecule has 36 heavy (non-hydrogen) atoms. The predicted octanol–water partition coefficient (Wildman–Crippen LogP) is 4.94. The summed E-state index contributed by atoms with van der Waals surface area (Å²) in [4.78, 5) is 24.8. The first-order valence-electron chi connectivity index (χ1n) is 10.8. The number of nitrogens with one attached hydrogen (secondary N) is 2. The summed E-state index contributed by atoms with van der Waals surface area (Å²) in [6.45, 7) is -0.194. The number of hydrogen-bond donors (Lipinski definition) is 3. The summed E-state index contributed by atoms with van der Waals surface area (Å²) in [6.07, 6.45) is 1.45. The van der Waals surface area contributed by atoms with Crippen molar-refractivity contribution in [1.29, 1.82) is 0 Å². The monoisotopic (exact) mass is 595 g/mol. The number of hydrogen-bond acceptors (Lipinski definition) is 6. The van der Waals surface area contributed by atoms with Crippen LogP contribution in [0, 0.1) is 3.57 Å². The number of anilines is 1. The van der Waals surface area contributed by atoms with Crippen molar-refractivity contribution in [3.05, 3.63) is 93.6 Å². The molecule has 4 aromatic carbocycles. The van der Waals surface area contributed by atoms with Gasteiger partial charge in [-0.25, -0.2) is 5.43 Å². The van der Waals surface area contributed by atoms with Crippen molar-refractivity contribution >= 4 is 57.1 Å². The zero-order chi connectivity index (χ0) is 25.5. The molecule has 8 nitrogen and oxygen atoms in total. The molecule has 182 valence electrons. The minimum atomic E-state index is -0.541. The molecule has 0 saturated heterocycles. The Labute approximate surface area is 221 Å². The number of amides is 2. The van der Waals surface area contributed by atoms with E-state index in [4.69, 9.17) is 9.47 Å². The fraction of sp³-hybridized carbons (Fsp3) is 0.0741. The standard InChI is InChI=1S/C27H22IN3O5/c1-35-24-12-17(11-22(28)26(24)36-16-25(33)30-20-9-3-2-4-10-20)15-29-31-27(34)21-13-18-7-5-6-8-19(18)14-23(21)32/h2-15,32H,16H2,1H3,(H,30,33)(H,31,34). The molecule has 0 bridgehead atoms. The van der Waals surface area contributed by atoms with Crippen LogP contribution in [0.25, 0.3) is 10.8 Å². The van der Waals surface area contributed by atoms with Gasteiger partial charge in [0.25, 0.3) is 11.8 Å². The molecule has 0 fully saturated rings. The molecule has 0 aromatic heterocycles. The van der Waals surface area contributed by atoms with Crippen molar-refractivity contribution in [2.24, 2.45) is 5.10 Å². The highest BCUT2D eigenvalue weighted by Crippen LogP contribution is 2.33. The van der Waals surface area contributed by atoms with E-state index in [0.717, 1.165) is 10.8 Å². The van der Waals surface area contributed by atoms with Gasteiger partial charge in [0.2, 0.25) is 0 Å². The third-order valence-electron chi connectivity index (χ3n) is 5.15. The SMILES string of the molecule is COc1cc(C=NNC(=O)c2cc3ccccc3cc2O)cc(I)c1OCC(=O)Nc1ccccc1. The van der Waals surface area contributed by atoms with Gasteiger partial charge >= 0.3 is 0 Å². The summed E-state index contributed by atoms with van der Waals surface area (Å²) in [6, 6.07) is 23.1. The average molecular weight is 595 g/mol. The molecule has 0 radical (unpaired) electrons. The Hall–Kier alpha value is -4.12. The van der Waals surface area contributed by atoms with E-state index >= 15 is 0 Å². The van der Waals surface area contributed by atoms with E-state index in [0.29, 0.717) is 26.3 Å². The third kappa shape index (κ3) is 6.11. The first-order valence-corrected chi connectivity index (χ1v) is 11.9. The van der Waals surface area contributed by atoms with Gasteiger partial charge in [0.05, 0.1) is 22.5 Å². The molecule has 0 unspecified atom stereocenters. The van der Waals surface area contributed by atoms with E-state index in [1.807, 2.05) is 42.5 Å².